The highest BCUT2D eigenvalue weighted by Gasteiger charge is 2.35. The van der Waals surface area contributed by atoms with Crippen molar-refractivity contribution < 1.29 is 23.4 Å². The third-order valence-electron chi connectivity index (χ3n) is 7.02. The lowest BCUT2D eigenvalue weighted by atomic mass is 9.84. The van der Waals surface area contributed by atoms with E-state index in [1.807, 2.05) is 19.1 Å². The van der Waals surface area contributed by atoms with Gasteiger partial charge in [0.05, 0.1) is 38.1 Å². The summed E-state index contributed by atoms with van der Waals surface area (Å²) in [6.45, 7) is 14.1. The fraction of sp³-hybridized carbons (Fsp3) is 0.517. The van der Waals surface area contributed by atoms with Crippen molar-refractivity contribution in [2.45, 2.75) is 46.6 Å². The summed E-state index contributed by atoms with van der Waals surface area (Å²) in [5, 5.41) is 3.37. The summed E-state index contributed by atoms with van der Waals surface area (Å²) >= 11 is 5.98. The number of piperazine rings is 1. The quantitative estimate of drug-likeness (QED) is 0.435. The van der Waals surface area contributed by atoms with Gasteiger partial charge in [-0.25, -0.2) is 4.39 Å². The van der Waals surface area contributed by atoms with Gasteiger partial charge in [-0.05, 0) is 43.0 Å². The van der Waals surface area contributed by atoms with E-state index < -0.39 is 5.82 Å². The molecule has 4 rings (SSSR count). The molecule has 1 N–H and O–H groups in total. The summed E-state index contributed by atoms with van der Waals surface area (Å²) in [5.74, 6) is 0.617. The average Bonchev–Trinajstić information content (AvgIpc) is 3.27. The summed E-state index contributed by atoms with van der Waals surface area (Å²) in [5.41, 5.74) is 3.03. The van der Waals surface area contributed by atoms with Crippen molar-refractivity contribution >= 4 is 29.1 Å². The second-order valence-corrected chi connectivity index (χ2v) is 10.8. The van der Waals surface area contributed by atoms with E-state index in [9.17, 15) is 4.79 Å². The molecule has 1 saturated heterocycles. The van der Waals surface area contributed by atoms with Crippen LogP contribution < -0.4 is 24.4 Å². The van der Waals surface area contributed by atoms with E-state index in [4.69, 9.17) is 26.0 Å². The van der Waals surface area contributed by atoms with Crippen LogP contribution in [0.2, 0.25) is 0 Å². The monoisotopic (exact) mass is 560 g/mol. The molecule has 0 aromatic heterocycles. The Morgan fingerprint density at radius 2 is 1.79 bits per heavy atom. The number of anilines is 1. The smallest absolute Gasteiger partial charge is 0.197 e. The molecule has 0 aliphatic carbocycles. The molecule has 0 bridgehead atoms. The predicted octanol–water partition coefficient (Wildman–Crippen LogP) is 4.94. The number of methoxy groups -OCH3 is 1. The number of fused-ring (bicyclic) bond motifs is 1. The molecule has 2 aromatic carbocycles. The molecule has 2 aliphatic heterocycles. The van der Waals surface area contributed by atoms with Gasteiger partial charge in [-0.15, -0.1) is 0 Å². The minimum atomic E-state index is -0.590. The van der Waals surface area contributed by atoms with E-state index >= 15 is 4.39 Å². The third-order valence-corrected chi connectivity index (χ3v) is 7.18. The number of ketones is 1. The van der Waals surface area contributed by atoms with Crippen molar-refractivity contribution in [3.63, 3.8) is 0 Å². The Morgan fingerprint density at radius 3 is 2.38 bits per heavy atom. The molecule has 39 heavy (non-hydrogen) atoms. The summed E-state index contributed by atoms with van der Waals surface area (Å²) in [4.78, 5) is 17.7. The Kier molecular flexibility index (Phi) is 8.91. The molecule has 0 unspecified atom stereocenters. The highest BCUT2D eigenvalue weighted by Crippen LogP contribution is 2.42. The molecular weight excluding hydrogens is 523 g/mol. The number of hydrogen-bond donors (Lipinski definition) is 1. The highest BCUT2D eigenvalue weighted by atomic mass is 35.5. The second-order valence-electron chi connectivity index (χ2n) is 10.7. The maximum Gasteiger partial charge on any atom is 0.197 e. The highest BCUT2D eigenvalue weighted by molar-refractivity contribution is 6.23. The molecule has 0 amide bonds. The van der Waals surface area contributed by atoms with Crippen LogP contribution in [0.4, 0.5) is 10.1 Å². The molecule has 212 valence electrons. The van der Waals surface area contributed by atoms with Crippen LogP contribution >= 0.6 is 11.8 Å². The Morgan fingerprint density at radius 1 is 1.10 bits per heavy atom. The van der Waals surface area contributed by atoms with Crippen LogP contribution in [-0.4, -0.2) is 69.6 Å². The Balaban J connectivity index is 1.70. The van der Waals surface area contributed by atoms with Crippen LogP contribution in [-0.2, 0) is 12.0 Å². The normalized spacial score (nSPS) is 16.5. The van der Waals surface area contributed by atoms with E-state index in [1.165, 1.54) is 0 Å². The van der Waals surface area contributed by atoms with Crippen LogP contribution in [0.1, 0.15) is 61.7 Å². The Labute approximate surface area is 235 Å². The molecule has 2 heterocycles. The fourth-order valence-electron chi connectivity index (χ4n) is 5.18. The van der Waals surface area contributed by atoms with Crippen LogP contribution in [0.25, 0.3) is 0 Å². The maximum atomic E-state index is 15.7. The molecule has 2 aliphatic rings. The van der Waals surface area contributed by atoms with E-state index in [0.29, 0.717) is 23.5 Å². The number of ether oxygens (including phenoxy) is 3. The first-order valence-corrected chi connectivity index (χ1v) is 13.7. The van der Waals surface area contributed by atoms with Gasteiger partial charge in [0.1, 0.15) is 5.75 Å². The van der Waals surface area contributed by atoms with Gasteiger partial charge < -0.3 is 29.3 Å². The molecule has 10 heteroatoms. The van der Waals surface area contributed by atoms with Gasteiger partial charge in [0.15, 0.2) is 28.9 Å². The summed E-state index contributed by atoms with van der Waals surface area (Å²) in [7, 11) is 1.67. The standard InChI is InChI=1S/C29H38ClFN4O4/c1-7-38-23-15-19-16-35(28(33-30)24(19)25(31)27(23)39-8-2)17-22(36)18-13-20(29(3,4)5)26(37-6)21(14-18)34-11-9-32-10-12-34/h13-15,32H,7-12,16-17H2,1-6H3/b33-28-. The number of amidine groups is 1. The zero-order chi connectivity index (χ0) is 28.3. The van der Waals surface area contributed by atoms with E-state index in [1.54, 1.807) is 25.0 Å². The average molecular weight is 561 g/mol. The van der Waals surface area contributed by atoms with Crippen molar-refractivity contribution in [2.75, 3.05) is 57.9 Å². The van der Waals surface area contributed by atoms with Crippen molar-refractivity contribution in [1.29, 1.82) is 0 Å². The number of halogens is 2. The zero-order valence-corrected chi connectivity index (χ0v) is 24.4. The molecule has 0 spiro atoms. The van der Waals surface area contributed by atoms with Gasteiger partial charge in [0, 0.05) is 55.6 Å². The minimum Gasteiger partial charge on any atom is -0.494 e. The SMILES string of the molecule is CCOc1cc2c(c(F)c1OCC)/C(=N/Cl)N(CC(=O)c1cc(N3CCNCC3)c(OC)c(C(C)(C)C)c1)C2. The largest absolute Gasteiger partial charge is 0.494 e. The zero-order valence-electron chi connectivity index (χ0n) is 23.6. The number of hydrogen-bond acceptors (Lipinski definition) is 7. The lowest BCUT2D eigenvalue weighted by molar-refractivity contribution is 0.0963. The van der Waals surface area contributed by atoms with E-state index in [2.05, 4.69) is 35.5 Å². The first kappa shape index (κ1) is 29.0. The Hall–Kier alpha value is -3.04. The van der Waals surface area contributed by atoms with E-state index in [-0.39, 0.29) is 48.0 Å². The predicted molar refractivity (Wildman–Crippen MR) is 153 cm³/mol. The number of carbonyl (C=O) groups excluding carboxylic acids is 1. The Bertz CT molecular complexity index is 1260. The lowest BCUT2D eigenvalue weighted by Gasteiger charge is -2.33. The van der Waals surface area contributed by atoms with Crippen molar-refractivity contribution in [3.8, 4) is 17.2 Å². The molecule has 2 aromatic rings. The number of nitrogens with zero attached hydrogens (tertiary/aromatic N) is 3. The van der Waals surface area contributed by atoms with Gasteiger partial charge >= 0.3 is 0 Å². The first-order valence-electron chi connectivity index (χ1n) is 13.4. The maximum absolute atomic E-state index is 15.7. The molecule has 0 radical (unpaired) electrons. The van der Waals surface area contributed by atoms with Crippen LogP contribution in [0.5, 0.6) is 17.2 Å². The number of Topliss-reactive ketones (excluding diaryl/α,β-unsaturated/α-hetero) is 1. The molecule has 1 fully saturated rings. The van der Waals surface area contributed by atoms with Gasteiger partial charge in [0.25, 0.3) is 0 Å². The summed E-state index contributed by atoms with van der Waals surface area (Å²) in [6, 6.07) is 5.56. The molecular formula is C29H38ClFN4O4. The first-order chi connectivity index (χ1) is 18.6. The number of carbonyl (C=O) groups is 1. The second kappa shape index (κ2) is 12.0. The van der Waals surface area contributed by atoms with Gasteiger partial charge in [-0.2, -0.15) is 4.51 Å². The molecule has 0 atom stereocenters. The van der Waals surface area contributed by atoms with Crippen LogP contribution in [0, 0.1) is 5.82 Å². The minimum absolute atomic E-state index is 0.0229. The van der Waals surface area contributed by atoms with Crippen molar-refractivity contribution in [3.05, 3.63) is 46.3 Å². The summed E-state index contributed by atoms with van der Waals surface area (Å²) < 4.78 is 36.6. The lowest BCUT2D eigenvalue weighted by Crippen LogP contribution is -2.44. The fourth-order valence-corrected chi connectivity index (χ4v) is 5.37. The molecule has 0 saturated carbocycles. The van der Waals surface area contributed by atoms with Gasteiger partial charge in [-0.1, -0.05) is 20.8 Å². The van der Waals surface area contributed by atoms with Crippen LogP contribution in [0.15, 0.2) is 22.7 Å². The van der Waals surface area contributed by atoms with Gasteiger partial charge in [0.2, 0.25) is 0 Å². The summed E-state index contributed by atoms with van der Waals surface area (Å²) in [6.07, 6.45) is 0. The van der Waals surface area contributed by atoms with Gasteiger partial charge in [-0.3, -0.25) is 4.79 Å². The number of rotatable bonds is 9. The number of nitrogens with one attached hydrogen (secondary N) is 1. The van der Waals surface area contributed by atoms with Crippen LogP contribution in [0.3, 0.4) is 0 Å². The topological polar surface area (TPSA) is 75.6 Å². The molecule has 8 nitrogen and oxygen atoms in total. The number of benzene rings is 2. The van der Waals surface area contributed by atoms with Crippen molar-refractivity contribution in [1.82, 2.24) is 10.2 Å². The van der Waals surface area contributed by atoms with Crippen molar-refractivity contribution in [2.24, 2.45) is 4.51 Å². The van der Waals surface area contributed by atoms with E-state index in [0.717, 1.165) is 43.2 Å². The third kappa shape index (κ3) is 5.79.